The number of hydrogen-bond donors (Lipinski definition) is 3. The molecule has 2 rings (SSSR count). The Kier molecular flexibility index (Phi) is 5.40. The third kappa shape index (κ3) is 4.36. The minimum atomic E-state index is -1.10. The fourth-order valence-corrected chi connectivity index (χ4v) is 2.24. The van der Waals surface area contributed by atoms with Gasteiger partial charge in [0.05, 0.1) is 10.5 Å². The number of thiocarbonyl (C=S) groups is 1. The molecule has 0 heterocycles. The number of carbonyl (C=O) groups excluding carboxylic acids is 1. The number of rotatable bonds is 4. The molecule has 0 bridgehead atoms. The quantitative estimate of drug-likeness (QED) is 0.436. The molecule has 0 fully saturated rings. The van der Waals surface area contributed by atoms with Crippen molar-refractivity contribution in [1.29, 1.82) is 0 Å². The number of amides is 1. The molecule has 25 heavy (non-hydrogen) atoms. The van der Waals surface area contributed by atoms with Crippen molar-refractivity contribution in [2.75, 3.05) is 5.32 Å². The summed E-state index contributed by atoms with van der Waals surface area (Å²) in [5.41, 5.74) is 0.709. The molecule has 3 N–H and O–H groups in total. The van der Waals surface area contributed by atoms with Crippen molar-refractivity contribution in [1.82, 2.24) is 5.32 Å². The van der Waals surface area contributed by atoms with E-state index in [1.165, 1.54) is 36.4 Å². The number of benzene rings is 2. The van der Waals surface area contributed by atoms with E-state index in [4.69, 9.17) is 17.3 Å². The first-order valence-corrected chi connectivity index (χ1v) is 7.40. The van der Waals surface area contributed by atoms with E-state index in [9.17, 15) is 19.7 Å². The Morgan fingerprint density at radius 1 is 1.20 bits per heavy atom. The Labute approximate surface area is 147 Å². The number of para-hydroxylation sites is 1. The van der Waals surface area contributed by atoms with Gasteiger partial charge in [-0.15, -0.1) is 0 Å². The lowest BCUT2D eigenvalue weighted by atomic mass is 10.1. The number of aryl methyl sites for hydroxylation is 1. The van der Waals surface area contributed by atoms with Crippen LogP contribution in [0.5, 0.6) is 0 Å². The number of hydrogen-bond acceptors (Lipinski definition) is 5. The molecule has 0 aromatic heterocycles. The molecule has 2 aromatic rings. The van der Waals surface area contributed by atoms with Crippen LogP contribution >= 0.6 is 12.2 Å². The molecular weight excluding hydrogens is 346 g/mol. The maximum atomic E-state index is 12.2. The van der Waals surface area contributed by atoms with Crippen LogP contribution in [0, 0.1) is 17.0 Å². The van der Waals surface area contributed by atoms with Gasteiger partial charge in [-0.25, -0.2) is 4.79 Å². The van der Waals surface area contributed by atoms with Crippen molar-refractivity contribution in [2.45, 2.75) is 6.92 Å². The minimum Gasteiger partial charge on any atom is -0.478 e. The lowest BCUT2D eigenvalue weighted by Crippen LogP contribution is -2.34. The van der Waals surface area contributed by atoms with Crippen molar-refractivity contribution >= 4 is 40.6 Å². The number of carboxylic acids is 1. The summed E-state index contributed by atoms with van der Waals surface area (Å²) in [7, 11) is 0. The predicted octanol–water partition coefficient (Wildman–Crippen LogP) is 2.73. The van der Waals surface area contributed by atoms with Gasteiger partial charge in [0.25, 0.3) is 11.6 Å². The topological polar surface area (TPSA) is 122 Å². The smallest absolute Gasteiger partial charge is 0.335 e. The first-order valence-electron chi connectivity index (χ1n) is 6.99. The molecular formula is C16H13N3O5S. The first-order chi connectivity index (χ1) is 11.8. The fraction of sp³-hybridized carbons (Fsp3) is 0.0625. The van der Waals surface area contributed by atoms with E-state index in [0.29, 0.717) is 11.3 Å². The molecule has 0 aliphatic rings. The summed E-state index contributed by atoms with van der Waals surface area (Å²) in [4.78, 5) is 33.5. The Morgan fingerprint density at radius 2 is 1.88 bits per heavy atom. The number of carboxylic acid groups (broad SMARTS) is 1. The van der Waals surface area contributed by atoms with Gasteiger partial charge in [-0.1, -0.05) is 18.2 Å². The maximum absolute atomic E-state index is 12.2. The number of anilines is 1. The highest BCUT2D eigenvalue weighted by Gasteiger charge is 2.20. The molecule has 0 unspecified atom stereocenters. The number of carbonyl (C=O) groups is 2. The van der Waals surface area contributed by atoms with Gasteiger partial charge in [0.15, 0.2) is 5.11 Å². The van der Waals surface area contributed by atoms with Crippen LogP contribution in [-0.2, 0) is 0 Å². The van der Waals surface area contributed by atoms with Crippen LogP contribution in [-0.4, -0.2) is 27.0 Å². The molecule has 0 aliphatic carbocycles. The highest BCUT2D eigenvalue weighted by Crippen LogP contribution is 2.19. The minimum absolute atomic E-state index is 0.0564. The second kappa shape index (κ2) is 7.49. The molecule has 0 spiro atoms. The lowest BCUT2D eigenvalue weighted by Gasteiger charge is -2.12. The fourth-order valence-electron chi connectivity index (χ4n) is 2.04. The first kappa shape index (κ1) is 18.0. The molecule has 0 aliphatic heterocycles. The molecule has 9 heteroatoms. The zero-order chi connectivity index (χ0) is 18.6. The summed E-state index contributed by atoms with van der Waals surface area (Å²) in [6.45, 7) is 1.74. The van der Waals surface area contributed by atoms with Crippen LogP contribution in [0.1, 0.15) is 26.3 Å². The van der Waals surface area contributed by atoms with E-state index >= 15 is 0 Å². The summed E-state index contributed by atoms with van der Waals surface area (Å²) in [5.74, 6) is -1.84. The van der Waals surface area contributed by atoms with Gasteiger partial charge < -0.3 is 10.4 Å². The van der Waals surface area contributed by atoms with Gasteiger partial charge in [-0.2, -0.15) is 0 Å². The second-order valence-corrected chi connectivity index (χ2v) is 5.43. The van der Waals surface area contributed by atoms with Gasteiger partial charge >= 0.3 is 5.97 Å². The Hall–Kier alpha value is -3.33. The van der Waals surface area contributed by atoms with Crippen molar-refractivity contribution < 1.29 is 19.6 Å². The van der Waals surface area contributed by atoms with Crippen LogP contribution in [0.4, 0.5) is 11.4 Å². The van der Waals surface area contributed by atoms with Crippen molar-refractivity contribution in [2.24, 2.45) is 0 Å². The monoisotopic (exact) mass is 359 g/mol. The van der Waals surface area contributed by atoms with E-state index in [1.54, 1.807) is 13.0 Å². The summed E-state index contributed by atoms with van der Waals surface area (Å²) < 4.78 is 0. The molecule has 1 amide bonds. The predicted molar refractivity (Wildman–Crippen MR) is 94.9 cm³/mol. The van der Waals surface area contributed by atoms with E-state index < -0.39 is 16.8 Å². The van der Waals surface area contributed by atoms with Crippen LogP contribution < -0.4 is 10.6 Å². The third-order valence-electron chi connectivity index (χ3n) is 3.31. The van der Waals surface area contributed by atoms with Crippen molar-refractivity contribution in [3.05, 3.63) is 69.3 Å². The van der Waals surface area contributed by atoms with Crippen molar-refractivity contribution in [3.63, 3.8) is 0 Å². The average Bonchev–Trinajstić information content (AvgIpc) is 2.56. The van der Waals surface area contributed by atoms with Crippen LogP contribution in [0.25, 0.3) is 0 Å². The Balaban J connectivity index is 2.16. The Morgan fingerprint density at radius 3 is 2.52 bits per heavy atom. The third-order valence-corrected chi connectivity index (χ3v) is 3.51. The van der Waals surface area contributed by atoms with Gasteiger partial charge in [0.1, 0.15) is 5.56 Å². The molecule has 8 nitrogen and oxygen atoms in total. The van der Waals surface area contributed by atoms with Gasteiger partial charge in [0.2, 0.25) is 0 Å². The zero-order valence-corrected chi connectivity index (χ0v) is 13.8. The molecule has 2 aromatic carbocycles. The highest BCUT2D eigenvalue weighted by molar-refractivity contribution is 7.80. The van der Waals surface area contributed by atoms with E-state index in [-0.39, 0.29) is 21.9 Å². The number of nitro groups is 1. The maximum Gasteiger partial charge on any atom is 0.335 e. The van der Waals surface area contributed by atoms with Crippen molar-refractivity contribution in [3.8, 4) is 0 Å². The van der Waals surface area contributed by atoms with Gasteiger partial charge in [-0.3, -0.25) is 20.2 Å². The summed E-state index contributed by atoms with van der Waals surface area (Å²) in [6.07, 6.45) is 0. The SMILES string of the molecule is Cc1ccc(C(=O)O)cc1NC(=S)NC(=O)c1ccccc1[N+](=O)[O-]. The van der Waals surface area contributed by atoms with Crippen LogP contribution in [0.2, 0.25) is 0 Å². The lowest BCUT2D eigenvalue weighted by molar-refractivity contribution is -0.385. The normalized spacial score (nSPS) is 9.96. The summed E-state index contributed by atoms with van der Waals surface area (Å²) in [6, 6.07) is 9.89. The second-order valence-electron chi connectivity index (χ2n) is 5.02. The van der Waals surface area contributed by atoms with E-state index in [2.05, 4.69) is 10.6 Å². The number of nitro benzene ring substituents is 1. The number of nitrogens with zero attached hydrogens (tertiary/aromatic N) is 1. The van der Waals surface area contributed by atoms with Gasteiger partial charge in [-0.05, 0) is 42.9 Å². The van der Waals surface area contributed by atoms with E-state index in [1.807, 2.05) is 0 Å². The summed E-state index contributed by atoms with van der Waals surface area (Å²) >= 11 is 5.03. The average molecular weight is 359 g/mol. The largest absolute Gasteiger partial charge is 0.478 e. The van der Waals surface area contributed by atoms with Gasteiger partial charge in [0, 0.05) is 11.8 Å². The molecule has 0 saturated carbocycles. The molecule has 0 atom stereocenters. The molecule has 0 saturated heterocycles. The number of nitrogens with one attached hydrogen (secondary N) is 2. The number of aromatic carboxylic acids is 1. The highest BCUT2D eigenvalue weighted by atomic mass is 32.1. The standard InChI is InChI=1S/C16H13N3O5S/c1-9-6-7-10(15(21)22)8-12(9)17-16(25)18-14(20)11-4-2-3-5-13(11)19(23)24/h2-8H,1H3,(H,21,22)(H2,17,18,20,25). The zero-order valence-electron chi connectivity index (χ0n) is 13.0. The molecule has 128 valence electrons. The van der Waals surface area contributed by atoms with Crippen LogP contribution in [0.3, 0.4) is 0 Å². The van der Waals surface area contributed by atoms with Crippen LogP contribution in [0.15, 0.2) is 42.5 Å². The summed E-state index contributed by atoms with van der Waals surface area (Å²) in [5, 5.41) is 25.0. The molecule has 0 radical (unpaired) electrons. The Bertz CT molecular complexity index is 882. The van der Waals surface area contributed by atoms with E-state index in [0.717, 1.165) is 0 Å².